The van der Waals surface area contributed by atoms with Crippen LogP contribution in [0.15, 0.2) is 29.4 Å². The molecule has 1 aromatic carbocycles. The monoisotopic (exact) mass is 263 g/mol. The highest BCUT2D eigenvalue weighted by Crippen LogP contribution is 2.21. The van der Waals surface area contributed by atoms with Crippen LogP contribution < -0.4 is 0 Å². The van der Waals surface area contributed by atoms with Crippen LogP contribution in [-0.2, 0) is 11.8 Å². The molecule has 94 valence electrons. The smallest absolute Gasteiger partial charge is 0.313 e. The highest BCUT2D eigenvalue weighted by Gasteiger charge is 2.11. The van der Waals surface area contributed by atoms with Gasteiger partial charge in [0.15, 0.2) is 11.0 Å². The van der Waals surface area contributed by atoms with Crippen molar-refractivity contribution in [2.45, 2.75) is 12.1 Å². The molecule has 5 nitrogen and oxygen atoms in total. The number of thioether (sulfide) groups is 1. The summed E-state index contributed by atoms with van der Waals surface area (Å²) in [5, 5.41) is 13.5. The number of hydrogen-bond acceptors (Lipinski definition) is 4. The van der Waals surface area contributed by atoms with Crippen LogP contribution in [-0.4, -0.2) is 31.6 Å². The van der Waals surface area contributed by atoms with Crippen molar-refractivity contribution >= 4 is 17.7 Å². The first-order valence-corrected chi connectivity index (χ1v) is 6.37. The van der Waals surface area contributed by atoms with Gasteiger partial charge in [0.1, 0.15) is 0 Å². The van der Waals surface area contributed by atoms with Crippen molar-refractivity contribution in [2.24, 2.45) is 7.05 Å². The molecular weight excluding hydrogens is 250 g/mol. The molecule has 0 saturated carbocycles. The summed E-state index contributed by atoms with van der Waals surface area (Å²) < 4.78 is 1.60. The van der Waals surface area contributed by atoms with Gasteiger partial charge >= 0.3 is 5.97 Å². The molecule has 0 amide bonds. The van der Waals surface area contributed by atoms with Crippen LogP contribution in [0.5, 0.6) is 0 Å². The lowest BCUT2D eigenvalue weighted by Gasteiger charge is -1.95. The van der Waals surface area contributed by atoms with Gasteiger partial charge in [-0.05, 0) is 13.0 Å². The van der Waals surface area contributed by atoms with E-state index in [9.17, 15) is 4.79 Å². The summed E-state index contributed by atoms with van der Waals surface area (Å²) in [6, 6.07) is 7.90. The lowest BCUT2D eigenvalue weighted by atomic mass is 10.1. The van der Waals surface area contributed by atoms with Crippen LogP contribution in [0.4, 0.5) is 0 Å². The van der Waals surface area contributed by atoms with Crippen LogP contribution in [0.25, 0.3) is 11.4 Å². The molecule has 6 heteroatoms. The van der Waals surface area contributed by atoms with Crippen LogP contribution >= 0.6 is 11.8 Å². The fourth-order valence-electron chi connectivity index (χ4n) is 1.53. The average molecular weight is 263 g/mol. The molecule has 0 aliphatic heterocycles. The molecule has 0 aliphatic carbocycles. The first kappa shape index (κ1) is 12.6. The van der Waals surface area contributed by atoms with Crippen LogP contribution in [0.2, 0.25) is 0 Å². The van der Waals surface area contributed by atoms with Crippen LogP contribution in [0.1, 0.15) is 5.56 Å². The van der Waals surface area contributed by atoms with Crippen molar-refractivity contribution in [1.82, 2.24) is 14.8 Å². The molecule has 2 rings (SSSR count). The SMILES string of the molecule is Cc1cccc(-c2nc(SCC(=O)O)n(C)n2)c1. The molecule has 1 N–H and O–H groups in total. The number of carbonyl (C=O) groups is 1. The quantitative estimate of drug-likeness (QED) is 0.854. The number of carboxylic acid groups (broad SMARTS) is 1. The van der Waals surface area contributed by atoms with E-state index >= 15 is 0 Å². The van der Waals surface area contributed by atoms with Gasteiger partial charge in [0.2, 0.25) is 0 Å². The maximum atomic E-state index is 10.5. The second-order valence-corrected chi connectivity index (χ2v) is 4.84. The first-order valence-electron chi connectivity index (χ1n) is 5.39. The molecule has 1 heterocycles. The molecule has 0 saturated heterocycles. The summed E-state index contributed by atoms with van der Waals surface area (Å²) in [5.74, 6) is -0.256. The molecule has 0 radical (unpaired) electrons. The largest absolute Gasteiger partial charge is 0.481 e. The van der Waals surface area contributed by atoms with Gasteiger partial charge in [0.25, 0.3) is 0 Å². The lowest BCUT2D eigenvalue weighted by molar-refractivity contribution is -0.133. The van der Waals surface area contributed by atoms with Crippen molar-refractivity contribution in [3.8, 4) is 11.4 Å². The van der Waals surface area contributed by atoms with Gasteiger partial charge < -0.3 is 5.11 Å². The maximum Gasteiger partial charge on any atom is 0.313 e. The third kappa shape index (κ3) is 2.89. The van der Waals surface area contributed by atoms with Crippen LogP contribution in [0, 0.1) is 6.92 Å². The molecule has 0 fully saturated rings. The zero-order valence-electron chi connectivity index (χ0n) is 10.1. The number of aryl methyl sites for hydroxylation is 2. The van der Waals surface area contributed by atoms with Gasteiger partial charge in [-0.15, -0.1) is 0 Å². The Bertz CT molecular complexity index is 580. The zero-order chi connectivity index (χ0) is 13.1. The van der Waals surface area contributed by atoms with Crippen LogP contribution in [0.3, 0.4) is 0 Å². The Labute approximate surface area is 109 Å². The summed E-state index contributed by atoms with van der Waals surface area (Å²) in [6.45, 7) is 2.01. The number of aliphatic carboxylic acids is 1. The number of aromatic nitrogens is 3. The van der Waals surface area contributed by atoms with E-state index in [4.69, 9.17) is 5.11 Å². The molecule has 0 spiro atoms. The summed E-state index contributed by atoms with van der Waals surface area (Å²) in [6.07, 6.45) is 0. The van der Waals surface area contributed by atoms with E-state index in [1.54, 1.807) is 11.7 Å². The minimum Gasteiger partial charge on any atom is -0.481 e. The van der Waals surface area contributed by atoms with E-state index < -0.39 is 5.97 Å². The van der Waals surface area contributed by atoms with Gasteiger partial charge in [-0.25, -0.2) is 9.67 Å². The highest BCUT2D eigenvalue weighted by atomic mass is 32.2. The normalized spacial score (nSPS) is 10.6. The van der Waals surface area contributed by atoms with Crippen molar-refractivity contribution in [2.75, 3.05) is 5.75 Å². The molecule has 1 aromatic heterocycles. The minimum atomic E-state index is -0.861. The Kier molecular flexibility index (Phi) is 3.66. The number of carboxylic acids is 1. The van der Waals surface area contributed by atoms with Crippen molar-refractivity contribution in [1.29, 1.82) is 0 Å². The van der Waals surface area contributed by atoms with Gasteiger partial charge in [-0.1, -0.05) is 35.5 Å². The third-order valence-corrected chi connectivity index (χ3v) is 3.33. The van der Waals surface area contributed by atoms with Crippen molar-refractivity contribution < 1.29 is 9.90 Å². The fraction of sp³-hybridized carbons (Fsp3) is 0.250. The molecule has 0 aliphatic rings. The second-order valence-electron chi connectivity index (χ2n) is 3.89. The first-order chi connectivity index (χ1) is 8.56. The van der Waals surface area contributed by atoms with E-state index in [1.807, 2.05) is 31.2 Å². The predicted molar refractivity (Wildman–Crippen MR) is 69.5 cm³/mol. The van der Waals surface area contributed by atoms with E-state index in [0.717, 1.165) is 22.9 Å². The maximum absolute atomic E-state index is 10.5. The number of benzene rings is 1. The summed E-state index contributed by atoms with van der Waals surface area (Å²) in [4.78, 5) is 14.9. The van der Waals surface area contributed by atoms with E-state index in [0.29, 0.717) is 11.0 Å². The Hall–Kier alpha value is -1.82. The number of nitrogens with zero attached hydrogens (tertiary/aromatic N) is 3. The molecule has 18 heavy (non-hydrogen) atoms. The minimum absolute atomic E-state index is 0.0141. The van der Waals surface area contributed by atoms with E-state index in [2.05, 4.69) is 10.1 Å². The van der Waals surface area contributed by atoms with Gasteiger partial charge in [0, 0.05) is 12.6 Å². The van der Waals surface area contributed by atoms with E-state index in [-0.39, 0.29) is 5.75 Å². The van der Waals surface area contributed by atoms with Gasteiger partial charge in [0.05, 0.1) is 5.75 Å². The second kappa shape index (κ2) is 5.22. The van der Waals surface area contributed by atoms with Crippen molar-refractivity contribution in [3.63, 3.8) is 0 Å². The highest BCUT2D eigenvalue weighted by molar-refractivity contribution is 7.99. The molecule has 0 unspecified atom stereocenters. The van der Waals surface area contributed by atoms with Gasteiger partial charge in [-0.2, -0.15) is 5.10 Å². The molecule has 0 bridgehead atoms. The molecule has 2 aromatic rings. The molecule has 0 atom stereocenters. The van der Waals surface area contributed by atoms with Crippen molar-refractivity contribution in [3.05, 3.63) is 29.8 Å². The summed E-state index contributed by atoms with van der Waals surface area (Å²) >= 11 is 1.16. The Morgan fingerprint density at radius 2 is 2.28 bits per heavy atom. The number of rotatable bonds is 4. The fourth-order valence-corrected chi connectivity index (χ4v) is 2.16. The Balaban J connectivity index is 2.25. The van der Waals surface area contributed by atoms with Gasteiger partial charge in [-0.3, -0.25) is 4.79 Å². The van der Waals surface area contributed by atoms with E-state index in [1.165, 1.54) is 0 Å². The summed E-state index contributed by atoms with van der Waals surface area (Å²) in [5.41, 5.74) is 2.08. The zero-order valence-corrected chi connectivity index (χ0v) is 10.9. The third-order valence-electron chi connectivity index (χ3n) is 2.32. The topological polar surface area (TPSA) is 68.0 Å². The Morgan fingerprint density at radius 1 is 1.50 bits per heavy atom. The molecular formula is C12H13N3O2S. The lowest BCUT2D eigenvalue weighted by Crippen LogP contribution is -2.00. The Morgan fingerprint density at radius 3 is 2.94 bits per heavy atom. The average Bonchev–Trinajstić information content (AvgIpc) is 2.68. The summed E-state index contributed by atoms with van der Waals surface area (Å²) in [7, 11) is 1.76. The number of hydrogen-bond donors (Lipinski definition) is 1. The predicted octanol–water partition coefficient (Wildman–Crippen LogP) is 1.97. The standard InChI is InChI=1S/C12H13N3O2S/c1-8-4-3-5-9(6-8)11-13-12(15(2)14-11)18-7-10(16)17/h3-6H,7H2,1-2H3,(H,16,17).